The number of fused-ring (bicyclic) bond motifs is 2. The van der Waals surface area contributed by atoms with E-state index >= 15 is 0 Å². The van der Waals surface area contributed by atoms with Crippen LogP contribution in [-0.2, 0) is 23.1 Å². The van der Waals surface area contributed by atoms with E-state index in [2.05, 4.69) is 24.8 Å². The Kier molecular flexibility index (Phi) is 7.34. The summed E-state index contributed by atoms with van der Waals surface area (Å²) in [7, 11) is -6.31. The molecule has 0 radical (unpaired) electrons. The Hall–Kier alpha value is -2.80. The van der Waals surface area contributed by atoms with Gasteiger partial charge in [-0.15, -0.1) is 0 Å². The van der Waals surface area contributed by atoms with E-state index in [4.69, 9.17) is 15.0 Å². The smallest absolute Gasteiger partial charge is 0.488 e. The van der Waals surface area contributed by atoms with E-state index in [1.807, 2.05) is 0 Å². The highest BCUT2D eigenvalue weighted by Crippen LogP contribution is 2.50. The van der Waals surface area contributed by atoms with Crippen LogP contribution in [0.15, 0.2) is 34.2 Å². The van der Waals surface area contributed by atoms with E-state index in [-0.39, 0.29) is 52.4 Å². The third-order valence-electron chi connectivity index (χ3n) is 5.78. The normalized spacial score (nSPS) is 26.8. The van der Waals surface area contributed by atoms with Gasteiger partial charge in [0.05, 0.1) is 6.61 Å². The molecule has 38 heavy (non-hydrogen) atoms. The van der Waals surface area contributed by atoms with Gasteiger partial charge in [-0.05, 0) is 17.6 Å². The molecule has 5 rings (SSSR count). The number of aliphatic hydroxyl groups is 1. The number of carbonyl (C=O) groups is 1. The molecule has 2 saturated heterocycles. The van der Waals surface area contributed by atoms with Gasteiger partial charge in [0.15, 0.2) is 22.5 Å². The maximum atomic E-state index is 12.5. The number of hydrogen-bond donors (Lipinski definition) is 6. The molecule has 19 heteroatoms. The second-order valence-corrected chi connectivity index (χ2v) is 10.8. The van der Waals surface area contributed by atoms with E-state index in [0.717, 1.165) is 11.8 Å². The number of nitrogen functional groups attached to an aromatic ring is 1. The molecule has 3 aromatic rings. The molecule has 2 fully saturated rings. The zero-order valence-electron chi connectivity index (χ0n) is 19.3. The van der Waals surface area contributed by atoms with Crippen LogP contribution in [0.5, 0.6) is 0 Å². The summed E-state index contributed by atoms with van der Waals surface area (Å²) in [5.74, 6) is -0.441. The van der Waals surface area contributed by atoms with Crippen LogP contribution in [0, 0.1) is 0 Å². The van der Waals surface area contributed by atoms with Crippen molar-refractivity contribution in [2.24, 2.45) is 0 Å². The van der Waals surface area contributed by atoms with Crippen molar-refractivity contribution in [1.82, 2.24) is 19.5 Å². The maximum absolute atomic E-state index is 12.5. The summed E-state index contributed by atoms with van der Waals surface area (Å²) in [6.45, 7) is -0.376. The lowest BCUT2D eigenvalue weighted by Crippen LogP contribution is -2.41. The number of aromatic nitrogens is 4. The summed E-state index contributed by atoms with van der Waals surface area (Å²) in [5.41, 5.74) is 5.51. The minimum Gasteiger partial charge on any atom is -0.756 e. The summed E-state index contributed by atoms with van der Waals surface area (Å²) in [6, 6.07) is 6.06. The van der Waals surface area contributed by atoms with E-state index in [0.29, 0.717) is 5.69 Å². The fourth-order valence-electron chi connectivity index (χ4n) is 4.09. The van der Waals surface area contributed by atoms with Gasteiger partial charge >= 0.3 is 7.12 Å². The summed E-state index contributed by atoms with van der Waals surface area (Å²) in [4.78, 5) is 47.4. The number of phosphoric acid groups is 1. The van der Waals surface area contributed by atoms with Crippen LogP contribution < -0.4 is 27.0 Å². The number of phosphoric ester groups is 1. The number of aliphatic hydroxyl groups excluding tert-OH is 1. The lowest BCUT2D eigenvalue weighted by Gasteiger charge is -2.34. The fourth-order valence-corrected chi connectivity index (χ4v) is 5.99. The summed E-state index contributed by atoms with van der Waals surface area (Å²) in [6.07, 6.45) is -4.95. The number of hydrogen-bond acceptors (Lipinski definition) is 14. The van der Waals surface area contributed by atoms with E-state index in [1.54, 1.807) is 12.1 Å². The molecule has 1 aromatic carbocycles. The molecule has 0 aliphatic carbocycles. The number of rotatable bonds is 7. The van der Waals surface area contributed by atoms with Crippen LogP contribution in [0.3, 0.4) is 0 Å². The van der Waals surface area contributed by atoms with Gasteiger partial charge in [0.2, 0.25) is 11.9 Å². The van der Waals surface area contributed by atoms with Crippen molar-refractivity contribution < 1.29 is 43.2 Å². The highest BCUT2D eigenvalue weighted by Gasteiger charge is 2.51. The van der Waals surface area contributed by atoms with Crippen molar-refractivity contribution in [3.8, 4) is 0 Å². The van der Waals surface area contributed by atoms with Gasteiger partial charge < -0.3 is 44.9 Å². The molecule has 3 unspecified atom stereocenters. The number of thioether (sulfide) groups is 1. The number of carbonyl (C=O) groups excluding carboxylic acids is 1. The third-order valence-corrected chi connectivity index (χ3v) is 7.70. The Morgan fingerprint density at radius 2 is 2.18 bits per heavy atom. The fraction of sp³-hybridized carbons (Fsp3) is 0.368. The quantitative estimate of drug-likeness (QED) is 0.0994. The van der Waals surface area contributed by atoms with Crippen molar-refractivity contribution in [2.45, 2.75) is 36.1 Å². The maximum Gasteiger partial charge on any atom is 0.488 e. The number of amides is 1. The number of H-pyrrole nitrogens is 1. The molecule has 4 heterocycles. The monoisotopic (exact) mass is 567 g/mol. The van der Waals surface area contributed by atoms with Crippen LogP contribution in [0.1, 0.15) is 12.6 Å². The minimum atomic E-state index is -4.62. The highest BCUT2D eigenvalue weighted by molar-refractivity contribution is 7.99. The first-order chi connectivity index (χ1) is 18.0. The number of nitrogens with two attached hydrogens (primary N) is 1. The molecule has 1 amide bonds. The summed E-state index contributed by atoms with van der Waals surface area (Å²) < 4.78 is 28.4. The average Bonchev–Trinajstić information content (AvgIpc) is 3.35. The molecule has 0 bridgehead atoms. The lowest BCUT2D eigenvalue weighted by molar-refractivity contribution is -0.245. The van der Waals surface area contributed by atoms with Crippen molar-refractivity contribution in [1.29, 1.82) is 0 Å². The predicted octanol–water partition coefficient (Wildman–Crippen LogP) is -2.36. The van der Waals surface area contributed by atoms with Gasteiger partial charge in [0, 0.05) is 17.9 Å². The predicted molar refractivity (Wildman–Crippen MR) is 131 cm³/mol. The van der Waals surface area contributed by atoms with Crippen molar-refractivity contribution in [3.63, 3.8) is 0 Å². The average molecular weight is 567 g/mol. The molecular weight excluding hydrogens is 546 g/mol. The summed E-state index contributed by atoms with van der Waals surface area (Å²) in [5, 5.41) is 32.3. The van der Waals surface area contributed by atoms with Gasteiger partial charge in [-0.2, -0.15) is 4.98 Å². The van der Waals surface area contributed by atoms with Crippen LogP contribution in [0.25, 0.3) is 11.2 Å². The minimum absolute atomic E-state index is 0.0126. The highest BCUT2D eigenvalue weighted by atomic mass is 32.2. The van der Waals surface area contributed by atoms with Gasteiger partial charge in [0.1, 0.15) is 18.3 Å². The Labute approximate surface area is 217 Å². The first kappa shape index (κ1) is 26.8. The molecular formula is C19H21BN6O10PS-. The standard InChI is InChI=1S/C19H22BN6O10PS/c21-18-24-15-12(16(29)25-18)23-19(26(15)17-13(28)14-10(35-17)7-34-37(32,33)36-14)38-5-4-11(27)22-9-3-1-2-8(6-9)20(30)31/h1-3,6,10,13-14,17,28,30-31H,4-5,7H2,(H,22,27)(H,32,33)(H3,21,24,25,29)/p-1/t10?,13?,14-,17-/m1/s1. The van der Waals surface area contributed by atoms with Crippen LogP contribution >= 0.6 is 19.6 Å². The topological polar surface area (TPSA) is 247 Å². The number of anilines is 2. The Bertz CT molecular complexity index is 1490. The molecule has 2 aromatic heterocycles. The molecule has 2 aliphatic rings. The van der Waals surface area contributed by atoms with Crippen LogP contribution in [0.4, 0.5) is 11.6 Å². The van der Waals surface area contributed by atoms with Gasteiger partial charge in [0.25, 0.3) is 13.4 Å². The first-order valence-corrected chi connectivity index (χ1v) is 13.6. The molecule has 0 saturated carbocycles. The molecule has 7 N–H and O–H groups in total. The van der Waals surface area contributed by atoms with E-state index < -0.39 is 45.0 Å². The van der Waals surface area contributed by atoms with E-state index in [9.17, 15) is 34.2 Å². The van der Waals surface area contributed by atoms with E-state index in [1.165, 1.54) is 16.7 Å². The Morgan fingerprint density at radius 3 is 2.95 bits per heavy atom. The first-order valence-electron chi connectivity index (χ1n) is 11.2. The van der Waals surface area contributed by atoms with Gasteiger partial charge in [-0.1, -0.05) is 23.9 Å². The number of nitrogens with one attached hydrogen (secondary N) is 2. The zero-order chi connectivity index (χ0) is 27.2. The lowest BCUT2D eigenvalue weighted by atomic mass is 9.80. The van der Waals surface area contributed by atoms with Crippen LogP contribution in [-0.4, -0.2) is 78.4 Å². The van der Waals surface area contributed by atoms with Crippen molar-refractivity contribution in [3.05, 3.63) is 34.6 Å². The Morgan fingerprint density at radius 1 is 1.39 bits per heavy atom. The van der Waals surface area contributed by atoms with Crippen LogP contribution in [0.2, 0.25) is 0 Å². The van der Waals surface area contributed by atoms with Gasteiger partial charge in [-0.3, -0.25) is 23.7 Å². The van der Waals surface area contributed by atoms with Crippen molar-refractivity contribution in [2.75, 3.05) is 23.4 Å². The number of aromatic amines is 1. The molecule has 5 atom stereocenters. The molecule has 2 aliphatic heterocycles. The second kappa shape index (κ2) is 10.4. The summed E-state index contributed by atoms with van der Waals surface area (Å²) >= 11 is 1.05. The molecule has 0 spiro atoms. The zero-order valence-corrected chi connectivity index (χ0v) is 21.0. The number of ether oxygens (including phenoxy) is 1. The largest absolute Gasteiger partial charge is 0.756 e. The third kappa shape index (κ3) is 5.35. The second-order valence-electron chi connectivity index (χ2n) is 8.40. The van der Waals surface area contributed by atoms with Crippen molar-refractivity contribution >= 4 is 60.9 Å². The number of nitrogens with zero attached hydrogens (tertiary/aromatic N) is 3. The van der Waals surface area contributed by atoms with Gasteiger partial charge in [-0.25, -0.2) is 4.98 Å². The molecule has 16 nitrogen and oxygen atoms in total. The number of benzene rings is 1. The number of imidazole rings is 1. The molecule has 202 valence electrons. The SMILES string of the molecule is Nc1nc2c(nc(SCCC(=O)Nc3cccc(B(O)O)c3)n2[C@@H]2OC3COP(=O)([O-])O[C@H]3C2O)c(=O)[nH]1. The Balaban J connectivity index is 1.36.